The van der Waals surface area contributed by atoms with Crippen molar-refractivity contribution in [2.24, 2.45) is 0 Å². The molecule has 0 radical (unpaired) electrons. The zero-order valence-corrected chi connectivity index (χ0v) is 12.2. The van der Waals surface area contributed by atoms with Crippen molar-refractivity contribution in [3.05, 3.63) is 58.9 Å². The van der Waals surface area contributed by atoms with Crippen molar-refractivity contribution >= 4 is 21.6 Å². The number of halogens is 1. The molecule has 2 aromatic rings. The van der Waals surface area contributed by atoms with E-state index in [0.717, 1.165) is 12.0 Å². The first-order valence-electron chi connectivity index (χ1n) is 6.26. The normalized spacial score (nSPS) is 15.8. The van der Waals surface area contributed by atoms with Gasteiger partial charge in [-0.25, -0.2) is 13.4 Å². The van der Waals surface area contributed by atoms with Gasteiger partial charge in [0.1, 0.15) is 5.15 Å². The van der Waals surface area contributed by atoms with E-state index in [1.807, 2.05) is 24.3 Å². The third-order valence-corrected chi connectivity index (χ3v) is 5.48. The van der Waals surface area contributed by atoms with Crippen molar-refractivity contribution in [3.63, 3.8) is 0 Å². The highest BCUT2D eigenvalue weighted by Gasteiger charge is 2.28. The highest BCUT2D eigenvalue weighted by atomic mass is 35.5. The lowest BCUT2D eigenvalue weighted by Crippen LogP contribution is -2.35. The van der Waals surface area contributed by atoms with Crippen LogP contribution in [-0.4, -0.2) is 24.3 Å². The zero-order valence-electron chi connectivity index (χ0n) is 10.7. The van der Waals surface area contributed by atoms with Crippen LogP contribution in [0.4, 0.5) is 0 Å². The molecule has 1 aliphatic heterocycles. The first-order valence-corrected chi connectivity index (χ1v) is 8.08. The molecule has 4 nitrogen and oxygen atoms in total. The quantitative estimate of drug-likeness (QED) is 0.801. The van der Waals surface area contributed by atoms with Gasteiger partial charge in [-0.15, -0.1) is 0 Å². The van der Waals surface area contributed by atoms with Crippen LogP contribution in [0.15, 0.2) is 47.5 Å². The molecular formula is C14H13ClN2O2S. The van der Waals surface area contributed by atoms with E-state index in [1.54, 1.807) is 0 Å². The molecule has 1 aromatic heterocycles. The first kappa shape index (κ1) is 13.5. The van der Waals surface area contributed by atoms with Crippen molar-refractivity contribution in [1.29, 1.82) is 0 Å². The summed E-state index contributed by atoms with van der Waals surface area (Å²) in [6.07, 6.45) is 2.14. The average Bonchev–Trinajstić information content (AvgIpc) is 2.46. The molecule has 6 heteroatoms. The van der Waals surface area contributed by atoms with Gasteiger partial charge < -0.3 is 0 Å². The van der Waals surface area contributed by atoms with Crippen LogP contribution in [0.5, 0.6) is 0 Å². The van der Waals surface area contributed by atoms with E-state index in [9.17, 15) is 8.42 Å². The summed E-state index contributed by atoms with van der Waals surface area (Å²) >= 11 is 5.78. The number of hydrogen-bond donors (Lipinski definition) is 0. The summed E-state index contributed by atoms with van der Waals surface area (Å²) in [7, 11) is -3.52. The van der Waals surface area contributed by atoms with E-state index < -0.39 is 10.0 Å². The molecule has 0 saturated carbocycles. The van der Waals surface area contributed by atoms with Crippen LogP contribution in [0.3, 0.4) is 0 Å². The molecule has 0 saturated heterocycles. The smallest absolute Gasteiger partial charge is 0.243 e. The maximum atomic E-state index is 12.6. The van der Waals surface area contributed by atoms with Gasteiger partial charge in [0.2, 0.25) is 10.0 Å². The summed E-state index contributed by atoms with van der Waals surface area (Å²) in [6, 6.07) is 10.8. The number of fused-ring (bicyclic) bond motifs is 1. The van der Waals surface area contributed by atoms with Gasteiger partial charge >= 0.3 is 0 Å². The summed E-state index contributed by atoms with van der Waals surface area (Å²) in [5, 5.41) is 0.184. The molecule has 20 heavy (non-hydrogen) atoms. The lowest BCUT2D eigenvalue weighted by Gasteiger charge is -2.28. The molecule has 0 aliphatic carbocycles. The van der Waals surface area contributed by atoms with E-state index >= 15 is 0 Å². The summed E-state index contributed by atoms with van der Waals surface area (Å²) in [5.41, 5.74) is 2.27. The van der Waals surface area contributed by atoms with Crippen molar-refractivity contribution in [2.45, 2.75) is 17.9 Å². The molecule has 1 aliphatic rings. The fraction of sp³-hybridized carbons (Fsp3) is 0.214. The van der Waals surface area contributed by atoms with E-state index in [-0.39, 0.29) is 10.0 Å². The summed E-state index contributed by atoms with van der Waals surface area (Å²) in [6.45, 7) is 0.887. The summed E-state index contributed by atoms with van der Waals surface area (Å²) < 4.78 is 26.7. The second kappa shape index (κ2) is 5.16. The fourth-order valence-corrected chi connectivity index (χ4v) is 4.04. The predicted octanol–water partition coefficient (Wildman–Crippen LogP) is 2.48. The maximum absolute atomic E-state index is 12.6. The van der Waals surface area contributed by atoms with E-state index in [1.165, 1.54) is 28.2 Å². The van der Waals surface area contributed by atoms with E-state index in [4.69, 9.17) is 11.6 Å². The Morgan fingerprint density at radius 1 is 1.15 bits per heavy atom. The molecule has 104 valence electrons. The summed E-state index contributed by atoms with van der Waals surface area (Å²) in [4.78, 5) is 4.01. The third kappa shape index (κ3) is 2.44. The van der Waals surface area contributed by atoms with Gasteiger partial charge in [-0.2, -0.15) is 4.31 Å². The number of pyridine rings is 1. The molecular weight excluding hydrogens is 296 g/mol. The van der Waals surface area contributed by atoms with Crippen LogP contribution < -0.4 is 0 Å². The standard InChI is InChI=1S/C14H13ClN2O2S/c15-14-9-13(5-7-16-14)20(18,19)17-8-6-11-3-1-2-4-12(11)10-17/h1-5,7,9H,6,8,10H2. The van der Waals surface area contributed by atoms with E-state index in [0.29, 0.717) is 13.1 Å². The number of nitrogens with zero attached hydrogens (tertiary/aromatic N) is 2. The molecule has 0 fully saturated rings. The molecule has 2 heterocycles. The van der Waals surface area contributed by atoms with Crippen LogP contribution in [0.2, 0.25) is 5.15 Å². The Balaban J connectivity index is 1.94. The predicted molar refractivity (Wildman–Crippen MR) is 77.0 cm³/mol. The minimum absolute atomic E-state index is 0.184. The van der Waals surface area contributed by atoms with Crippen molar-refractivity contribution in [3.8, 4) is 0 Å². The first-order chi connectivity index (χ1) is 9.57. The molecule has 0 bridgehead atoms. The minimum atomic E-state index is -3.52. The Morgan fingerprint density at radius 3 is 2.65 bits per heavy atom. The molecule has 0 atom stereocenters. The average molecular weight is 309 g/mol. The number of rotatable bonds is 2. The second-order valence-electron chi connectivity index (χ2n) is 4.67. The molecule has 0 amide bonds. The fourth-order valence-electron chi connectivity index (χ4n) is 2.37. The summed E-state index contributed by atoms with van der Waals surface area (Å²) in [5.74, 6) is 0. The second-order valence-corrected chi connectivity index (χ2v) is 7.00. The number of aromatic nitrogens is 1. The zero-order chi connectivity index (χ0) is 14.2. The van der Waals surface area contributed by atoms with Crippen LogP contribution >= 0.6 is 11.6 Å². The topological polar surface area (TPSA) is 50.3 Å². The van der Waals surface area contributed by atoms with Gasteiger partial charge in [0.05, 0.1) is 4.90 Å². The van der Waals surface area contributed by atoms with E-state index in [2.05, 4.69) is 4.98 Å². The number of benzene rings is 1. The van der Waals surface area contributed by atoms with Crippen molar-refractivity contribution in [2.75, 3.05) is 6.54 Å². The minimum Gasteiger partial charge on any atom is -0.244 e. The molecule has 0 N–H and O–H groups in total. The largest absolute Gasteiger partial charge is 0.244 e. The van der Waals surface area contributed by atoms with Gasteiger partial charge in [-0.05, 0) is 29.7 Å². The lowest BCUT2D eigenvalue weighted by atomic mass is 10.0. The third-order valence-electron chi connectivity index (χ3n) is 3.43. The number of sulfonamides is 1. The molecule has 0 unspecified atom stereocenters. The molecule has 3 rings (SSSR count). The van der Waals surface area contributed by atoms with Gasteiger partial charge in [0.15, 0.2) is 0 Å². The van der Waals surface area contributed by atoms with Gasteiger partial charge in [-0.1, -0.05) is 35.9 Å². The van der Waals surface area contributed by atoms with Crippen molar-refractivity contribution < 1.29 is 8.42 Å². The van der Waals surface area contributed by atoms with Crippen LogP contribution in [-0.2, 0) is 23.0 Å². The Hall–Kier alpha value is -1.43. The highest BCUT2D eigenvalue weighted by Crippen LogP contribution is 2.25. The molecule has 1 aromatic carbocycles. The Kier molecular flexibility index (Phi) is 3.50. The van der Waals surface area contributed by atoms with Crippen LogP contribution in [0, 0.1) is 0 Å². The van der Waals surface area contributed by atoms with Crippen LogP contribution in [0.25, 0.3) is 0 Å². The van der Waals surface area contributed by atoms with Gasteiger partial charge in [-0.3, -0.25) is 0 Å². The van der Waals surface area contributed by atoms with Gasteiger partial charge in [0, 0.05) is 19.3 Å². The highest BCUT2D eigenvalue weighted by molar-refractivity contribution is 7.89. The SMILES string of the molecule is O=S(=O)(c1ccnc(Cl)c1)N1CCc2ccccc2C1. The van der Waals surface area contributed by atoms with Gasteiger partial charge in [0.25, 0.3) is 0 Å². The Bertz CT molecular complexity index is 746. The molecule has 0 spiro atoms. The van der Waals surface area contributed by atoms with Crippen molar-refractivity contribution in [1.82, 2.24) is 9.29 Å². The lowest BCUT2D eigenvalue weighted by molar-refractivity contribution is 0.391. The maximum Gasteiger partial charge on any atom is 0.243 e. The number of hydrogen-bond acceptors (Lipinski definition) is 3. The Labute approximate surface area is 123 Å². The van der Waals surface area contributed by atoms with Crippen LogP contribution in [0.1, 0.15) is 11.1 Å². The monoisotopic (exact) mass is 308 g/mol. The Morgan fingerprint density at radius 2 is 1.90 bits per heavy atom.